The quantitative estimate of drug-likeness (QED) is 0.122. The summed E-state index contributed by atoms with van der Waals surface area (Å²) in [6.07, 6.45) is 2.94. The molecule has 3 aromatic carbocycles. The molecule has 2 unspecified atom stereocenters. The molecule has 1 aliphatic rings. The minimum Gasteiger partial charge on any atom is -0.488 e. The Hall–Kier alpha value is -4.05. The Morgan fingerprint density at radius 2 is 1.80 bits per heavy atom. The van der Waals surface area contributed by atoms with Gasteiger partial charge in [-0.1, -0.05) is 72.5 Å². The van der Waals surface area contributed by atoms with Crippen LogP contribution in [0.15, 0.2) is 79.0 Å². The van der Waals surface area contributed by atoms with Gasteiger partial charge in [0.05, 0.1) is 5.92 Å². The molecule has 1 aromatic heterocycles. The first-order valence-corrected chi connectivity index (χ1v) is 11.7. The van der Waals surface area contributed by atoms with Crippen molar-refractivity contribution in [3.63, 3.8) is 0 Å². The van der Waals surface area contributed by atoms with Crippen molar-refractivity contribution in [1.29, 1.82) is 0 Å². The van der Waals surface area contributed by atoms with E-state index in [0.29, 0.717) is 6.61 Å². The van der Waals surface area contributed by atoms with Crippen molar-refractivity contribution in [3.05, 3.63) is 101 Å². The van der Waals surface area contributed by atoms with Crippen LogP contribution < -0.4 is 15.5 Å². The Morgan fingerprint density at radius 1 is 0.971 bits per heavy atom. The van der Waals surface area contributed by atoms with Crippen molar-refractivity contribution in [2.45, 2.75) is 25.5 Å². The number of carbonyl (C=O) groups is 1. The lowest BCUT2D eigenvalue weighted by Gasteiger charge is -2.23. The zero-order valence-electron chi connectivity index (χ0n) is 19.3. The maximum atomic E-state index is 11.6. The highest BCUT2D eigenvalue weighted by Crippen LogP contribution is 2.31. The lowest BCUT2D eigenvalue weighted by Crippen LogP contribution is -2.34. The number of amides is 1. The summed E-state index contributed by atoms with van der Waals surface area (Å²) in [5.41, 5.74) is 7.29. The van der Waals surface area contributed by atoms with Gasteiger partial charge in [-0.25, -0.2) is 5.48 Å². The number of nitrogens with one attached hydrogen (secondary N) is 3. The van der Waals surface area contributed by atoms with Gasteiger partial charge in [-0.3, -0.25) is 10.0 Å². The van der Waals surface area contributed by atoms with E-state index in [2.05, 4.69) is 58.7 Å². The van der Waals surface area contributed by atoms with Crippen LogP contribution in [0.1, 0.15) is 28.2 Å². The fraction of sp³-hybridized carbons (Fsp3) is 0.207. The predicted octanol–water partition coefficient (Wildman–Crippen LogP) is 4.30. The van der Waals surface area contributed by atoms with Crippen LogP contribution in [-0.2, 0) is 24.4 Å². The topological polar surface area (TPSA) is 86.4 Å². The number of fused-ring (bicyclic) bond motifs is 1. The van der Waals surface area contributed by atoms with Crippen LogP contribution in [0, 0.1) is 17.8 Å². The summed E-state index contributed by atoms with van der Waals surface area (Å²) >= 11 is 0. The van der Waals surface area contributed by atoms with Crippen molar-refractivity contribution in [2.75, 3.05) is 6.54 Å². The minimum absolute atomic E-state index is 0.163. The van der Waals surface area contributed by atoms with Crippen LogP contribution in [0.4, 0.5) is 0 Å². The molecule has 5 rings (SSSR count). The molecule has 35 heavy (non-hydrogen) atoms. The van der Waals surface area contributed by atoms with Gasteiger partial charge in [-0.05, 0) is 47.4 Å². The van der Waals surface area contributed by atoms with Gasteiger partial charge >= 0.3 is 0 Å². The molecule has 6 nitrogen and oxygen atoms in total. The SMILES string of the molecule is O=C(NO)C1C#CC1c1ccc(CNCCc2c[nH]c3cccc(OCc4ccccc4)c23)cc1. The molecule has 0 fully saturated rings. The number of hydrogen-bond acceptors (Lipinski definition) is 4. The van der Waals surface area contributed by atoms with Crippen LogP contribution in [0.3, 0.4) is 0 Å². The van der Waals surface area contributed by atoms with E-state index < -0.39 is 11.8 Å². The Morgan fingerprint density at radius 3 is 2.54 bits per heavy atom. The van der Waals surface area contributed by atoms with E-state index >= 15 is 0 Å². The van der Waals surface area contributed by atoms with Crippen molar-refractivity contribution in [1.82, 2.24) is 15.8 Å². The number of ether oxygens (including phenoxy) is 1. The number of aromatic amines is 1. The van der Waals surface area contributed by atoms with Crippen LogP contribution in [0.25, 0.3) is 10.9 Å². The average Bonchev–Trinajstić information content (AvgIpc) is 3.30. The fourth-order valence-corrected chi connectivity index (χ4v) is 4.38. The largest absolute Gasteiger partial charge is 0.488 e. The molecule has 0 bridgehead atoms. The van der Waals surface area contributed by atoms with Crippen LogP contribution in [-0.4, -0.2) is 22.6 Å². The molecule has 0 aliphatic heterocycles. The highest BCUT2D eigenvalue weighted by atomic mass is 16.5. The fourth-order valence-electron chi connectivity index (χ4n) is 4.38. The minimum atomic E-state index is -0.485. The maximum absolute atomic E-state index is 11.6. The summed E-state index contributed by atoms with van der Waals surface area (Å²) in [7, 11) is 0. The second kappa shape index (κ2) is 10.5. The van der Waals surface area contributed by atoms with E-state index in [9.17, 15) is 4.79 Å². The summed E-state index contributed by atoms with van der Waals surface area (Å²) in [4.78, 5) is 15.0. The Bertz CT molecular complexity index is 1370. The number of H-pyrrole nitrogens is 1. The molecule has 1 heterocycles. The van der Waals surface area contributed by atoms with Gasteiger partial charge in [-0.15, -0.1) is 0 Å². The van der Waals surface area contributed by atoms with Crippen molar-refractivity contribution in [2.24, 2.45) is 5.92 Å². The van der Waals surface area contributed by atoms with Gasteiger partial charge in [0, 0.05) is 23.6 Å². The first-order chi connectivity index (χ1) is 17.2. The van der Waals surface area contributed by atoms with Crippen molar-refractivity contribution >= 4 is 16.8 Å². The number of hydroxylamine groups is 1. The van der Waals surface area contributed by atoms with E-state index in [1.807, 2.05) is 42.5 Å². The first-order valence-electron chi connectivity index (χ1n) is 11.7. The first kappa shape index (κ1) is 22.7. The van der Waals surface area contributed by atoms with Gasteiger partial charge < -0.3 is 15.0 Å². The second-order valence-corrected chi connectivity index (χ2v) is 8.66. The monoisotopic (exact) mass is 465 g/mol. The molecule has 1 amide bonds. The molecule has 1 aliphatic carbocycles. The molecule has 0 saturated heterocycles. The predicted molar refractivity (Wildman–Crippen MR) is 135 cm³/mol. The van der Waals surface area contributed by atoms with E-state index in [1.165, 1.54) is 5.56 Å². The number of benzene rings is 3. The molecule has 6 heteroatoms. The zero-order valence-corrected chi connectivity index (χ0v) is 19.3. The summed E-state index contributed by atoms with van der Waals surface area (Å²) in [6, 6.07) is 24.4. The molecule has 4 N–H and O–H groups in total. The van der Waals surface area contributed by atoms with Crippen LogP contribution in [0.5, 0.6) is 5.75 Å². The summed E-state index contributed by atoms with van der Waals surface area (Å²) in [5.74, 6) is 5.60. The van der Waals surface area contributed by atoms with Gasteiger partial charge in [0.2, 0.25) is 0 Å². The lowest BCUT2D eigenvalue weighted by molar-refractivity contribution is -0.132. The molecule has 2 atom stereocenters. The summed E-state index contributed by atoms with van der Waals surface area (Å²) in [5, 5.41) is 13.5. The Labute approximate surface area is 204 Å². The van der Waals surface area contributed by atoms with E-state index in [0.717, 1.165) is 52.9 Å². The van der Waals surface area contributed by atoms with Crippen molar-refractivity contribution in [3.8, 4) is 17.6 Å². The number of aromatic nitrogens is 1. The van der Waals surface area contributed by atoms with Gasteiger partial charge in [0.1, 0.15) is 18.3 Å². The third-order valence-corrected chi connectivity index (χ3v) is 6.35. The summed E-state index contributed by atoms with van der Waals surface area (Å²) < 4.78 is 6.17. The third-order valence-electron chi connectivity index (χ3n) is 6.35. The third kappa shape index (κ3) is 5.07. The molecule has 0 spiro atoms. The molecule has 4 aromatic rings. The second-order valence-electron chi connectivity index (χ2n) is 8.66. The van der Waals surface area contributed by atoms with E-state index in [-0.39, 0.29) is 5.92 Å². The highest BCUT2D eigenvalue weighted by Gasteiger charge is 2.31. The maximum Gasteiger partial charge on any atom is 0.260 e. The standard InChI is InChI=1S/C29H27N3O3/c33-29(32-34)25-14-13-24(25)22-11-9-20(10-12-22)17-30-16-15-23-18-31-26-7-4-8-27(28(23)26)35-19-21-5-2-1-3-6-21/h1-12,18,24-25,30-31,34H,15-17,19H2,(H,32,33). The van der Waals surface area contributed by atoms with Crippen LogP contribution >= 0.6 is 0 Å². The van der Waals surface area contributed by atoms with Gasteiger partial charge in [0.15, 0.2) is 0 Å². The lowest BCUT2D eigenvalue weighted by atomic mass is 9.79. The Balaban J connectivity index is 1.16. The highest BCUT2D eigenvalue weighted by molar-refractivity contribution is 5.89. The molecule has 176 valence electrons. The summed E-state index contributed by atoms with van der Waals surface area (Å²) in [6.45, 7) is 2.11. The van der Waals surface area contributed by atoms with Gasteiger partial charge in [-0.2, -0.15) is 0 Å². The molecule has 0 saturated carbocycles. The molecular formula is C29H27N3O3. The number of rotatable bonds is 10. The van der Waals surface area contributed by atoms with E-state index in [1.54, 1.807) is 5.48 Å². The number of hydrogen-bond donors (Lipinski definition) is 4. The molecule has 0 radical (unpaired) electrons. The molecular weight excluding hydrogens is 438 g/mol. The van der Waals surface area contributed by atoms with E-state index in [4.69, 9.17) is 9.94 Å². The Kier molecular flexibility index (Phi) is 6.80. The normalized spacial score (nSPS) is 16.3. The van der Waals surface area contributed by atoms with Gasteiger partial charge in [0.25, 0.3) is 5.91 Å². The smallest absolute Gasteiger partial charge is 0.260 e. The van der Waals surface area contributed by atoms with Crippen LogP contribution in [0.2, 0.25) is 0 Å². The average molecular weight is 466 g/mol. The number of carbonyl (C=O) groups excluding carboxylic acids is 1. The van der Waals surface area contributed by atoms with Crippen molar-refractivity contribution < 1.29 is 14.7 Å². The zero-order chi connectivity index (χ0) is 24.0.